The lowest BCUT2D eigenvalue weighted by atomic mass is 9.98. The van der Waals surface area contributed by atoms with Crippen LogP contribution in [-0.4, -0.2) is 251 Å². The summed E-state index contributed by atoms with van der Waals surface area (Å²) in [7, 11) is -8.78. The van der Waals surface area contributed by atoms with Gasteiger partial charge in [0.05, 0.1) is 74.7 Å². The van der Waals surface area contributed by atoms with Crippen molar-refractivity contribution in [2.75, 3.05) is 105 Å². The number of amides is 12. The quantitative estimate of drug-likeness (QED) is 0.0208. The Bertz CT molecular complexity index is 4100. The number of ether oxygens (including phenoxy) is 6. The molecule has 42 heteroatoms. The van der Waals surface area contributed by atoms with E-state index in [1.807, 2.05) is 9.44 Å². The molecular formula is C78H104F6N12O22S2. The number of carbonyl (C=O) groups excluding carboxylic acids is 12. The molecule has 2 fully saturated rings. The maximum absolute atomic E-state index is 13.8. The first-order valence-electron chi connectivity index (χ1n) is 38.8. The second-order valence-corrected chi connectivity index (χ2v) is 32.5. The molecule has 6 atom stereocenters. The molecule has 34 nitrogen and oxygen atoms in total. The summed E-state index contributed by atoms with van der Waals surface area (Å²) in [6, 6.07) is 10.8. The van der Waals surface area contributed by atoms with Gasteiger partial charge < -0.3 is 80.8 Å². The number of nitrogens with one attached hydrogen (secondary N) is 10. The zero-order chi connectivity index (χ0) is 88.7. The number of sulfonamides is 2. The van der Waals surface area contributed by atoms with Gasteiger partial charge in [0.15, 0.2) is 0 Å². The minimum absolute atomic E-state index is 0.0119. The van der Waals surface area contributed by atoms with E-state index in [9.17, 15) is 101 Å². The number of benzene rings is 4. The van der Waals surface area contributed by atoms with E-state index in [2.05, 4.69) is 42.5 Å². The largest absolute Gasteiger partial charge is 0.491 e. The van der Waals surface area contributed by atoms with Crippen molar-refractivity contribution >= 4 is 90.9 Å². The third-order valence-electron chi connectivity index (χ3n) is 18.7. The highest BCUT2D eigenvalue weighted by molar-refractivity contribution is 7.90. The summed E-state index contributed by atoms with van der Waals surface area (Å²) in [5, 5.41) is 20.3. The molecule has 4 aromatic rings. The summed E-state index contributed by atoms with van der Waals surface area (Å²) >= 11 is 0. The van der Waals surface area contributed by atoms with Crippen LogP contribution in [0, 0.1) is 23.7 Å². The van der Waals surface area contributed by atoms with Crippen LogP contribution in [-0.2, 0) is 67.8 Å². The summed E-state index contributed by atoms with van der Waals surface area (Å²) in [4.78, 5) is 157. The molecule has 0 spiro atoms. The van der Waals surface area contributed by atoms with Crippen molar-refractivity contribution in [1.82, 2.24) is 61.8 Å². The molecule has 2 saturated heterocycles. The lowest BCUT2D eigenvalue weighted by Gasteiger charge is -2.32. The van der Waals surface area contributed by atoms with E-state index in [0.29, 0.717) is 50.3 Å². The molecule has 4 aromatic carbocycles. The number of alkyl halides is 6. The van der Waals surface area contributed by atoms with E-state index >= 15 is 0 Å². The topological polar surface area (TPSA) is 455 Å². The SMILES string of the molecule is CC(C)C(NC(=O)[C@@H]1CCCN1C(=O)[C@@H](NC(=O)c1ccc(C(=O)NS(=O)(=O)c2ccc(OCCOCCOCCNC(=O)NCCCCNC(=O)NCCOCCOCCOc3ccc(S(=O)(=O)NC(=O)c4ccc(C(=O)N[C@H](C(=O)N5CCC[C@H]5C(=O)NC(C(=O)C(F)(F)F)C(C)C)C(C)C)cc4)cc3)cc2)cc1)C(C)C)C(=O)C(F)(F)F. The van der Waals surface area contributed by atoms with Crippen molar-refractivity contribution in [3.8, 4) is 11.5 Å². The number of urea groups is 2. The fourth-order valence-corrected chi connectivity index (χ4v) is 14.1. The first-order valence-corrected chi connectivity index (χ1v) is 41.8. The minimum atomic E-state index is -5.20. The predicted molar refractivity (Wildman–Crippen MR) is 419 cm³/mol. The normalized spacial score (nSPS) is 15.4. The Morgan fingerprint density at radius 1 is 0.375 bits per heavy atom. The summed E-state index contributed by atoms with van der Waals surface area (Å²) in [6.07, 6.45) is -8.35. The first-order chi connectivity index (χ1) is 56.6. The fourth-order valence-electron chi connectivity index (χ4n) is 12.2. The van der Waals surface area contributed by atoms with Crippen molar-refractivity contribution < 1.29 is 129 Å². The van der Waals surface area contributed by atoms with E-state index in [1.54, 1.807) is 27.7 Å². The van der Waals surface area contributed by atoms with Gasteiger partial charge in [0.25, 0.3) is 55.2 Å². The van der Waals surface area contributed by atoms with Gasteiger partial charge in [0.1, 0.15) is 48.9 Å². The van der Waals surface area contributed by atoms with Gasteiger partial charge in [-0.3, -0.25) is 47.9 Å². The first kappa shape index (κ1) is 98.3. The van der Waals surface area contributed by atoms with E-state index in [0.717, 1.165) is 9.80 Å². The average Bonchev–Trinajstić information content (AvgIpc) is 1.61. The number of likely N-dealkylation sites (tertiary alicyclic amines) is 2. The molecule has 6 rings (SSSR count). The lowest BCUT2D eigenvalue weighted by molar-refractivity contribution is -0.175. The van der Waals surface area contributed by atoms with Crippen molar-refractivity contribution in [2.24, 2.45) is 23.7 Å². The van der Waals surface area contributed by atoms with Crippen molar-refractivity contribution in [1.29, 1.82) is 0 Å². The van der Waals surface area contributed by atoms with Gasteiger partial charge in [-0.05, 0) is 159 Å². The Hall–Kier alpha value is -10.6. The highest BCUT2D eigenvalue weighted by Crippen LogP contribution is 2.28. The predicted octanol–water partition coefficient (Wildman–Crippen LogP) is 4.86. The van der Waals surface area contributed by atoms with Crippen LogP contribution in [0.3, 0.4) is 0 Å². The fraction of sp³-hybridized carbons (Fsp3) is 0.538. The number of rotatable bonds is 47. The number of hydrogen-bond acceptors (Lipinski definition) is 22. The number of halogens is 6. The summed E-state index contributed by atoms with van der Waals surface area (Å²) in [5.74, 6) is -13.3. The standard InChI is InChI=1S/C78H104F6N12O22S2/c1-47(2)61(65(97)77(79,80)81)89-71(103)59-13-11-35-95(59)73(105)63(49(5)6)91-67(99)51-15-19-53(20-16-51)69(101)93-119(109,110)57-27-23-55(24-28-57)117-45-43-115-41-39-113-37-33-87-75(107)85-31-9-10-32-86-76(108)88-34-38-114-40-42-116-44-46-118-56-25-29-58(30-26-56)120(111,112)94-70(102)54-21-17-52(18-22-54)68(100)92-64(50(7)8)74(106)96-36-12-14-60(96)72(104)90-62(48(3)4)66(98)78(82,83)84/h15-30,47-50,59-64H,9-14,31-46H2,1-8H3,(H,89,103)(H,90,104)(H,91,99)(H,92,100)(H,93,101)(H,94,102)(H2,85,87,107)(H2,86,88,108)/t59-,60-,61?,62?,63-,64-/m0/s1. The molecule has 2 unspecified atom stereocenters. The zero-order valence-corrected chi connectivity index (χ0v) is 69.2. The molecule has 2 heterocycles. The molecule has 2 aliphatic heterocycles. The Labute approximate surface area is 690 Å². The van der Waals surface area contributed by atoms with Gasteiger partial charge in [0.2, 0.25) is 23.6 Å². The van der Waals surface area contributed by atoms with Crippen LogP contribution in [0.2, 0.25) is 0 Å². The third kappa shape index (κ3) is 30.9. The molecule has 0 aliphatic carbocycles. The summed E-state index contributed by atoms with van der Waals surface area (Å²) in [5.41, 5.74) is -0.285. The van der Waals surface area contributed by atoms with Crippen molar-refractivity contribution in [2.45, 2.75) is 152 Å². The monoisotopic (exact) mass is 1740 g/mol. The molecule has 12 amide bonds. The number of unbranched alkanes of at least 4 members (excludes halogenated alkanes) is 1. The average molecular weight is 1740 g/mol. The Morgan fingerprint density at radius 2 is 0.658 bits per heavy atom. The smallest absolute Gasteiger partial charge is 0.452 e. The van der Waals surface area contributed by atoms with Gasteiger partial charge >= 0.3 is 24.4 Å². The summed E-state index contributed by atoms with van der Waals surface area (Å²) in [6.45, 7) is 14.9. The van der Waals surface area contributed by atoms with Gasteiger partial charge in [-0.1, -0.05) is 55.4 Å². The molecule has 0 radical (unpaired) electrons. The van der Waals surface area contributed by atoms with Gasteiger partial charge in [0, 0.05) is 61.5 Å². The van der Waals surface area contributed by atoms with Crippen LogP contribution in [0.5, 0.6) is 11.5 Å². The van der Waals surface area contributed by atoms with Crippen molar-refractivity contribution in [3.05, 3.63) is 119 Å². The van der Waals surface area contributed by atoms with Crippen molar-refractivity contribution in [3.63, 3.8) is 0 Å². The molecule has 2 aliphatic rings. The lowest BCUT2D eigenvalue weighted by Crippen LogP contribution is -2.58. The highest BCUT2D eigenvalue weighted by Gasteiger charge is 2.49. The third-order valence-corrected chi connectivity index (χ3v) is 21.4. The number of nitrogens with zero attached hydrogens (tertiary/aromatic N) is 2. The van der Waals surface area contributed by atoms with E-state index in [4.69, 9.17) is 28.4 Å². The van der Waals surface area contributed by atoms with Crippen LogP contribution >= 0.6 is 0 Å². The maximum Gasteiger partial charge on any atom is 0.452 e. The molecule has 0 aromatic heterocycles. The number of ketones is 2. The van der Waals surface area contributed by atoms with Gasteiger partial charge in [-0.15, -0.1) is 0 Å². The molecule has 10 N–H and O–H groups in total. The molecule has 662 valence electrons. The molecule has 120 heavy (non-hydrogen) atoms. The minimum Gasteiger partial charge on any atom is -0.491 e. The van der Waals surface area contributed by atoms with Gasteiger partial charge in [-0.2, -0.15) is 26.3 Å². The van der Waals surface area contributed by atoms with Crippen LogP contribution in [0.4, 0.5) is 35.9 Å². The second-order valence-electron chi connectivity index (χ2n) is 29.1. The second kappa shape index (κ2) is 46.9. The van der Waals surface area contributed by atoms with Crippen LogP contribution in [0.25, 0.3) is 0 Å². The van der Waals surface area contributed by atoms with Crippen LogP contribution in [0.15, 0.2) is 107 Å². The molecular weight excluding hydrogens is 1640 g/mol. The van der Waals surface area contributed by atoms with E-state index < -0.39 is 163 Å². The van der Waals surface area contributed by atoms with E-state index in [-0.39, 0.29) is 137 Å². The molecule has 0 bridgehead atoms. The van der Waals surface area contributed by atoms with Crippen LogP contribution in [0.1, 0.15) is 135 Å². The maximum atomic E-state index is 13.8. The summed E-state index contributed by atoms with van der Waals surface area (Å²) < 4.78 is 169. The highest BCUT2D eigenvalue weighted by atomic mass is 32.2. The van der Waals surface area contributed by atoms with Gasteiger partial charge in [-0.25, -0.2) is 35.9 Å². The zero-order valence-electron chi connectivity index (χ0n) is 67.5. The number of hydrogen-bond donors (Lipinski definition) is 10. The Balaban J connectivity index is 0.730. The number of Topliss-reactive ketones (excluding diaryl/α,β-unsaturated/α-hetero) is 2. The molecule has 0 saturated carbocycles. The Kier molecular flexibility index (Phi) is 38.4. The Morgan fingerprint density at radius 3 is 0.958 bits per heavy atom. The van der Waals surface area contributed by atoms with E-state index in [1.165, 1.54) is 125 Å². The van der Waals surface area contributed by atoms with Crippen LogP contribution < -0.4 is 61.5 Å². The number of carbonyl (C=O) groups is 12.